The lowest BCUT2D eigenvalue weighted by Gasteiger charge is -2.14. The second-order valence-corrected chi connectivity index (χ2v) is 6.71. The number of thioether (sulfide) groups is 1. The van der Waals surface area contributed by atoms with Gasteiger partial charge in [-0.25, -0.2) is 4.79 Å². The van der Waals surface area contributed by atoms with Crippen molar-refractivity contribution in [2.24, 2.45) is 0 Å². The van der Waals surface area contributed by atoms with Crippen molar-refractivity contribution in [1.29, 1.82) is 0 Å². The summed E-state index contributed by atoms with van der Waals surface area (Å²) in [5, 5.41) is 12.7. The van der Waals surface area contributed by atoms with E-state index in [4.69, 9.17) is 9.47 Å². The molecule has 0 bridgehead atoms. The zero-order valence-electron chi connectivity index (χ0n) is 13.5. The summed E-state index contributed by atoms with van der Waals surface area (Å²) in [7, 11) is 1.49. The maximum Gasteiger partial charge on any atom is 0.343 e. The second-order valence-electron chi connectivity index (χ2n) is 5.54. The molecule has 7 heteroatoms. The van der Waals surface area contributed by atoms with Gasteiger partial charge in [0.2, 0.25) is 0 Å². The summed E-state index contributed by atoms with van der Waals surface area (Å²) >= 11 is 1.53. The molecule has 2 aromatic carbocycles. The van der Waals surface area contributed by atoms with Gasteiger partial charge in [0.1, 0.15) is 12.0 Å². The van der Waals surface area contributed by atoms with E-state index in [1.165, 1.54) is 18.9 Å². The number of carbonyl (C=O) groups is 2. The van der Waals surface area contributed by atoms with Gasteiger partial charge in [0.05, 0.1) is 18.4 Å². The van der Waals surface area contributed by atoms with Crippen molar-refractivity contribution in [3.05, 3.63) is 59.7 Å². The van der Waals surface area contributed by atoms with Crippen molar-refractivity contribution in [2.45, 2.75) is 11.4 Å². The zero-order chi connectivity index (χ0) is 17.8. The smallest absolute Gasteiger partial charge is 0.343 e. The van der Waals surface area contributed by atoms with E-state index < -0.39 is 18.0 Å². The zero-order valence-corrected chi connectivity index (χ0v) is 14.3. The van der Waals surface area contributed by atoms with E-state index in [-0.39, 0.29) is 5.37 Å². The third-order valence-corrected chi connectivity index (χ3v) is 5.23. The number of hydrogen-bond acceptors (Lipinski definition) is 6. The van der Waals surface area contributed by atoms with Crippen molar-refractivity contribution < 1.29 is 29.5 Å². The standard InChI is InChI=1S/C18H17NO5S/c1-23-15-9-12(16-19-13(10-25-16)17(20)21)7-8-14(15)24-18(22)11-5-3-2-4-6-11/h2-9,13,16,19H,10H2,1H3,(H,20,21)/t13-,16+/m1/s1. The molecule has 1 fully saturated rings. The van der Waals surface area contributed by atoms with Gasteiger partial charge in [0.25, 0.3) is 0 Å². The molecular weight excluding hydrogens is 342 g/mol. The van der Waals surface area contributed by atoms with Crippen LogP contribution in [-0.4, -0.2) is 30.8 Å². The topological polar surface area (TPSA) is 92.3 Å². The van der Waals surface area contributed by atoms with Crippen LogP contribution in [0.1, 0.15) is 21.3 Å². The Morgan fingerprint density at radius 3 is 2.56 bits per heavy atom. The number of carboxylic acids is 1. The van der Waals surface area contributed by atoms with Crippen LogP contribution in [0.5, 0.6) is 11.5 Å². The van der Waals surface area contributed by atoms with Gasteiger partial charge in [-0.3, -0.25) is 0 Å². The monoisotopic (exact) mass is 359 g/mol. The lowest BCUT2D eigenvalue weighted by Crippen LogP contribution is -2.90. The van der Waals surface area contributed by atoms with Crippen LogP contribution in [0, 0.1) is 0 Å². The molecule has 2 N–H and O–H groups in total. The first-order valence-corrected chi connectivity index (χ1v) is 8.76. The van der Waals surface area contributed by atoms with Crippen molar-refractivity contribution in [1.82, 2.24) is 0 Å². The average Bonchev–Trinajstić information content (AvgIpc) is 3.13. The van der Waals surface area contributed by atoms with E-state index in [0.29, 0.717) is 22.8 Å². The Balaban J connectivity index is 1.76. The number of rotatable bonds is 5. The van der Waals surface area contributed by atoms with Crippen LogP contribution in [0.3, 0.4) is 0 Å². The van der Waals surface area contributed by atoms with Crippen molar-refractivity contribution in [3.8, 4) is 11.5 Å². The third-order valence-electron chi connectivity index (χ3n) is 3.89. The third kappa shape index (κ3) is 3.94. The Labute approximate surface area is 149 Å². The molecule has 1 heterocycles. The summed E-state index contributed by atoms with van der Waals surface area (Å²) in [5.41, 5.74) is 1.34. The van der Waals surface area contributed by atoms with Crippen LogP contribution >= 0.6 is 11.8 Å². The van der Waals surface area contributed by atoms with Crippen molar-refractivity contribution in [3.63, 3.8) is 0 Å². The fraction of sp³-hybridized carbons (Fsp3) is 0.222. The first kappa shape index (κ1) is 17.3. The molecule has 0 amide bonds. The van der Waals surface area contributed by atoms with Crippen LogP contribution < -0.4 is 19.9 Å². The molecule has 1 aliphatic heterocycles. The maximum atomic E-state index is 12.2. The van der Waals surface area contributed by atoms with Crippen LogP contribution in [0.4, 0.5) is 0 Å². The highest BCUT2D eigenvalue weighted by atomic mass is 32.2. The van der Waals surface area contributed by atoms with Crippen LogP contribution in [0.15, 0.2) is 48.5 Å². The molecule has 1 aliphatic rings. The molecular formula is C18H17NO5S. The lowest BCUT2D eigenvalue weighted by molar-refractivity contribution is -0.690. The van der Waals surface area contributed by atoms with Gasteiger partial charge >= 0.3 is 5.97 Å². The van der Waals surface area contributed by atoms with Crippen LogP contribution in [0.2, 0.25) is 0 Å². The summed E-state index contributed by atoms with van der Waals surface area (Å²) in [6, 6.07) is 13.4. The molecule has 0 radical (unpaired) electrons. The van der Waals surface area contributed by atoms with Crippen molar-refractivity contribution in [2.75, 3.05) is 12.9 Å². The Bertz CT molecular complexity index is 780. The van der Waals surface area contributed by atoms with E-state index in [1.54, 1.807) is 41.7 Å². The predicted molar refractivity (Wildman–Crippen MR) is 90.3 cm³/mol. The molecule has 25 heavy (non-hydrogen) atoms. The highest BCUT2D eigenvalue weighted by Crippen LogP contribution is 2.34. The summed E-state index contributed by atoms with van der Waals surface area (Å²) in [4.78, 5) is 23.2. The van der Waals surface area contributed by atoms with Gasteiger partial charge < -0.3 is 24.7 Å². The minimum absolute atomic E-state index is 0.0596. The summed E-state index contributed by atoms with van der Waals surface area (Å²) in [5.74, 6) is -0.298. The highest BCUT2D eigenvalue weighted by molar-refractivity contribution is 7.99. The van der Waals surface area contributed by atoms with Gasteiger partial charge in [-0.1, -0.05) is 30.0 Å². The van der Waals surface area contributed by atoms with Crippen LogP contribution in [0.25, 0.3) is 0 Å². The quantitative estimate of drug-likeness (QED) is 0.611. The van der Waals surface area contributed by atoms with Gasteiger partial charge in [-0.2, -0.15) is 0 Å². The Morgan fingerprint density at radius 1 is 1.16 bits per heavy atom. The van der Waals surface area contributed by atoms with E-state index in [1.807, 2.05) is 12.1 Å². The number of quaternary nitrogens is 1. The molecule has 0 spiro atoms. The molecule has 0 unspecified atom stereocenters. The number of aliphatic carboxylic acids is 1. The number of hydrogen-bond donors (Lipinski definition) is 1. The van der Waals surface area contributed by atoms with Crippen molar-refractivity contribution >= 4 is 23.7 Å². The second kappa shape index (κ2) is 7.58. The van der Waals surface area contributed by atoms with Gasteiger partial charge in [-0.15, -0.1) is 0 Å². The van der Waals surface area contributed by atoms with Gasteiger partial charge in [-0.05, 0) is 30.3 Å². The molecule has 2 atom stereocenters. The summed E-state index contributed by atoms with van der Waals surface area (Å²) in [6.45, 7) is 0. The minimum atomic E-state index is -1.06. The number of ether oxygens (including phenoxy) is 2. The fourth-order valence-electron chi connectivity index (χ4n) is 2.56. The van der Waals surface area contributed by atoms with E-state index in [9.17, 15) is 14.7 Å². The Kier molecular flexibility index (Phi) is 5.25. The van der Waals surface area contributed by atoms with Crippen LogP contribution in [-0.2, 0) is 4.79 Å². The number of benzene rings is 2. The SMILES string of the molecule is COc1cc([C@H]2[NH2+][C@@H](C(=O)[O-])CS2)ccc1OC(=O)c1ccccc1. The van der Waals surface area contributed by atoms with E-state index in [0.717, 1.165) is 5.56 Å². The normalized spacial score (nSPS) is 19.4. The molecule has 1 saturated heterocycles. The number of carboxylic acid groups (broad SMARTS) is 1. The highest BCUT2D eigenvalue weighted by Gasteiger charge is 2.31. The van der Waals surface area contributed by atoms with Gasteiger partial charge in [0.15, 0.2) is 16.9 Å². The Morgan fingerprint density at radius 2 is 1.92 bits per heavy atom. The first-order chi connectivity index (χ1) is 12.1. The molecule has 130 valence electrons. The molecule has 6 nitrogen and oxygen atoms in total. The molecule has 0 aliphatic carbocycles. The number of methoxy groups -OCH3 is 1. The minimum Gasteiger partial charge on any atom is -0.544 e. The molecule has 3 rings (SSSR count). The summed E-state index contributed by atoms with van der Waals surface area (Å²) in [6.07, 6.45) is 0. The number of nitrogens with two attached hydrogens (primary N) is 1. The lowest BCUT2D eigenvalue weighted by atomic mass is 10.2. The Hall–Kier alpha value is -2.51. The largest absolute Gasteiger partial charge is 0.544 e. The fourth-order valence-corrected chi connectivity index (χ4v) is 3.86. The first-order valence-electron chi connectivity index (χ1n) is 7.71. The van der Waals surface area contributed by atoms with Gasteiger partial charge in [0, 0.05) is 5.56 Å². The number of carbonyl (C=O) groups excluding carboxylic acids is 2. The maximum absolute atomic E-state index is 12.2. The average molecular weight is 359 g/mol. The number of esters is 1. The molecule has 0 saturated carbocycles. The predicted octanol–water partition coefficient (Wildman–Crippen LogP) is 0.342. The molecule has 2 aromatic rings. The van der Waals surface area contributed by atoms with E-state index in [2.05, 4.69) is 0 Å². The summed E-state index contributed by atoms with van der Waals surface area (Å²) < 4.78 is 10.7. The van der Waals surface area contributed by atoms with E-state index >= 15 is 0 Å². The molecule has 0 aromatic heterocycles.